The van der Waals surface area contributed by atoms with Crippen molar-refractivity contribution < 1.29 is 0 Å². The van der Waals surface area contributed by atoms with Crippen LogP contribution < -0.4 is 4.90 Å². The van der Waals surface area contributed by atoms with Crippen LogP contribution in [0.25, 0.3) is 10.8 Å². The van der Waals surface area contributed by atoms with Crippen molar-refractivity contribution in [3.8, 4) is 0 Å². The first kappa shape index (κ1) is 8.11. The van der Waals surface area contributed by atoms with Gasteiger partial charge in [0.25, 0.3) is 0 Å². The molecule has 0 saturated carbocycles. The molecule has 65 valence electrons. The molecule has 0 bridgehead atoms. The smallest absolute Gasteiger partial charge is 0.0373 e. The van der Waals surface area contributed by atoms with E-state index in [9.17, 15) is 0 Å². The molecular weight excluding hydrogens is 158 g/mol. The summed E-state index contributed by atoms with van der Waals surface area (Å²) < 4.78 is 0. The van der Waals surface area contributed by atoms with Gasteiger partial charge in [0.15, 0.2) is 0 Å². The van der Waals surface area contributed by atoms with Crippen molar-refractivity contribution in [3.05, 3.63) is 42.5 Å². The van der Waals surface area contributed by atoms with E-state index in [4.69, 9.17) is 0 Å². The lowest BCUT2D eigenvalue weighted by atomic mass is 10.1. The van der Waals surface area contributed by atoms with E-state index < -0.39 is 0 Å². The largest absolute Gasteiger partial charge is 0.378 e. The molecule has 0 aliphatic carbocycles. The Labute approximate surface area is 78.6 Å². The molecule has 1 heteroatoms. The van der Waals surface area contributed by atoms with Crippen molar-refractivity contribution >= 4 is 16.5 Å². The van der Waals surface area contributed by atoms with Crippen LogP contribution in [0.1, 0.15) is 0 Å². The average Bonchev–Trinajstić information content (AvgIpc) is 2.17. The molecule has 1 radical (unpaired) electrons. The first-order valence-corrected chi connectivity index (χ1v) is 4.35. The first-order valence-electron chi connectivity index (χ1n) is 4.35. The van der Waals surface area contributed by atoms with Gasteiger partial charge in [0.05, 0.1) is 0 Å². The molecule has 2 rings (SSSR count). The molecule has 2 aromatic carbocycles. The van der Waals surface area contributed by atoms with Crippen LogP contribution in [-0.2, 0) is 0 Å². The maximum Gasteiger partial charge on any atom is 0.0373 e. The van der Waals surface area contributed by atoms with Gasteiger partial charge in [0.2, 0.25) is 0 Å². The van der Waals surface area contributed by atoms with Gasteiger partial charge in [-0.2, -0.15) is 0 Å². The minimum Gasteiger partial charge on any atom is -0.378 e. The molecule has 0 N–H and O–H groups in total. The van der Waals surface area contributed by atoms with Crippen molar-refractivity contribution in [2.75, 3.05) is 19.0 Å². The monoisotopic (exact) mass is 170 g/mol. The van der Waals surface area contributed by atoms with Gasteiger partial charge in [0, 0.05) is 19.8 Å². The predicted octanol–water partition coefficient (Wildman–Crippen LogP) is 2.71. The summed E-state index contributed by atoms with van der Waals surface area (Å²) in [7, 11) is 4.08. The van der Waals surface area contributed by atoms with Gasteiger partial charge in [-0.05, 0) is 29.0 Å². The van der Waals surface area contributed by atoms with Crippen molar-refractivity contribution in [1.29, 1.82) is 0 Å². The van der Waals surface area contributed by atoms with Crippen molar-refractivity contribution in [3.63, 3.8) is 0 Å². The Balaban J connectivity index is 2.62. The summed E-state index contributed by atoms with van der Waals surface area (Å²) in [5, 5.41) is 2.42. The van der Waals surface area contributed by atoms with E-state index in [1.54, 1.807) is 0 Å². The summed E-state index contributed by atoms with van der Waals surface area (Å²) in [6, 6.07) is 15.7. The Morgan fingerprint density at radius 2 is 1.92 bits per heavy atom. The molecule has 2 aromatic rings. The number of rotatable bonds is 1. The second-order valence-electron chi connectivity index (χ2n) is 3.34. The van der Waals surface area contributed by atoms with Crippen LogP contribution in [0.5, 0.6) is 0 Å². The standard InChI is InChI=1S/C12H12N/c1-13(2)12-8-7-10-5-3-4-6-11(10)9-12/h3-6,8-9H,1-2H3. The zero-order chi connectivity index (χ0) is 9.26. The summed E-state index contributed by atoms with van der Waals surface area (Å²) in [5.74, 6) is 0. The highest BCUT2D eigenvalue weighted by molar-refractivity contribution is 5.85. The van der Waals surface area contributed by atoms with Gasteiger partial charge >= 0.3 is 0 Å². The van der Waals surface area contributed by atoms with E-state index in [1.807, 2.05) is 26.2 Å². The van der Waals surface area contributed by atoms with E-state index >= 15 is 0 Å². The summed E-state index contributed by atoms with van der Waals surface area (Å²) in [4.78, 5) is 2.09. The molecular formula is C12H12N. The minimum absolute atomic E-state index is 1.17. The lowest BCUT2D eigenvalue weighted by Crippen LogP contribution is -2.07. The van der Waals surface area contributed by atoms with Crippen LogP contribution >= 0.6 is 0 Å². The van der Waals surface area contributed by atoms with E-state index in [0.29, 0.717) is 0 Å². The number of fused-ring (bicyclic) bond motifs is 1. The zero-order valence-corrected chi connectivity index (χ0v) is 7.91. The fourth-order valence-corrected chi connectivity index (χ4v) is 1.37. The third-order valence-electron chi connectivity index (χ3n) is 2.16. The second-order valence-corrected chi connectivity index (χ2v) is 3.34. The lowest BCUT2D eigenvalue weighted by Gasteiger charge is -2.12. The van der Waals surface area contributed by atoms with Crippen LogP contribution in [-0.4, -0.2) is 14.1 Å². The Morgan fingerprint density at radius 3 is 2.69 bits per heavy atom. The first-order chi connectivity index (χ1) is 6.27. The predicted molar refractivity (Wildman–Crippen MR) is 57.1 cm³/mol. The number of nitrogens with zero attached hydrogens (tertiary/aromatic N) is 1. The van der Waals surface area contributed by atoms with E-state index in [2.05, 4.69) is 35.2 Å². The molecule has 0 saturated heterocycles. The highest BCUT2D eigenvalue weighted by Crippen LogP contribution is 2.19. The maximum atomic E-state index is 3.26. The van der Waals surface area contributed by atoms with Gasteiger partial charge in [0.1, 0.15) is 0 Å². The molecule has 0 aliphatic heterocycles. The quantitative estimate of drug-likeness (QED) is 0.636. The average molecular weight is 170 g/mol. The van der Waals surface area contributed by atoms with Crippen molar-refractivity contribution in [2.24, 2.45) is 0 Å². The summed E-state index contributed by atoms with van der Waals surface area (Å²) in [6.45, 7) is 0. The molecule has 0 spiro atoms. The van der Waals surface area contributed by atoms with E-state index in [0.717, 1.165) is 0 Å². The Bertz CT molecular complexity index is 418. The summed E-state index contributed by atoms with van der Waals surface area (Å²) in [5.41, 5.74) is 1.19. The molecule has 13 heavy (non-hydrogen) atoms. The van der Waals surface area contributed by atoms with Gasteiger partial charge in [-0.1, -0.05) is 24.3 Å². The summed E-state index contributed by atoms with van der Waals surface area (Å²) >= 11 is 0. The molecule has 0 atom stereocenters. The molecule has 0 amide bonds. The fraction of sp³-hybridized carbons (Fsp3) is 0.167. The molecule has 1 nitrogen and oxygen atoms in total. The van der Waals surface area contributed by atoms with Crippen LogP contribution in [0.4, 0.5) is 5.69 Å². The lowest BCUT2D eigenvalue weighted by molar-refractivity contribution is 1.13. The van der Waals surface area contributed by atoms with Gasteiger partial charge in [-0.15, -0.1) is 0 Å². The van der Waals surface area contributed by atoms with Crippen LogP contribution in [0.2, 0.25) is 0 Å². The summed E-state index contributed by atoms with van der Waals surface area (Å²) in [6.07, 6.45) is 0. The normalized spacial score (nSPS) is 10.3. The maximum absolute atomic E-state index is 3.26. The number of anilines is 1. The minimum atomic E-state index is 1.17. The molecule has 0 fully saturated rings. The zero-order valence-electron chi connectivity index (χ0n) is 7.91. The topological polar surface area (TPSA) is 3.24 Å². The van der Waals surface area contributed by atoms with Crippen molar-refractivity contribution in [1.82, 2.24) is 0 Å². The molecule has 0 unspecified atom stereocenters. The number of benzene rings is 2. The Kier molecular flexibility index (Phi) is 1.93. The third-order valence-corrected chi connectivity index (χ3v) is 2.16. The van der Waals surface area contributed by atoms with Gasteiger partial charge in [-0.25, -0.2) is 0 Å². The molecule has 0 aliphatic rings. The Hall–Kier alpha value is -1.50. The highest BCUT2D eigenvalue weighted by atomic mass is 15.1. The highest BCUT2D eigenvalue weighted by Gasteiger charge is 1.96. The molecule has 0 aromatic heterocycles. The fourth-order valence-electron chi connectivity index (χ4n) is 1.37. The van der Waals surface area contributed by atoms with E-state index in [1.165, 1.54) is 16.5 Å². The number of hydrogen-bond acceptors (Lipinski definition) is 1. The molecule has 0 heterocycles. The Morgan fingerprint density at radius 1 is 1.15 bits per heavy atom. The van der Waals surface area contributed by atoms with Crippen LogP contribution in [0.15, 0.2) is 36.4 Å². The second kappa shape index (κ2) is 3.09. The van der Waals surface area contributed by atoms with Gasteiger partial charge in [-0.3, -0.25) is 0 Å². The van der Waals surface area contributed by atoms with Crippen molar-refractivity contribution in [2.45, 2.75) is 0 Å². The number of hydrogen-bond donors (Lipinski definition) is 0. The van der Waals surface area contributed by atoms with Crippen LogP contribution in [0, 0.1) is 6.07 Å². The SMILES string of the molecule is CN(C)c1c[c]c2ccccc2c1. The third kappa shape index (κ3) is 1.50. The van der Waals surface area contributed by atoms with Crippen LogP contribution in [0.3, 0.4) is 0 Å². The van der Waals surface area contributed by atoms with Gasteiger partial charge < -0.3 is 4.90 Å². The van der Waals surface area contributed by atoms with E-state index in [-0.39, 0.29) is 0 Å².